The molecule has 166 valence electrons. The lowest BCUT2D eigenvalue weighted by Gasteiger charge is -2.63. The Kier molecular flexibility index (Phi) is 4.31. The van der Waals surface area contributed by atoms with Gasteiger partial charge in [0, 0.05) is 18.0 Å². The third-order valence-electron chi connectivity index (χ3n) is 12.5. The lowest BCUT2D eigenvalue weighted by Crippen LogP contribution is -2.59. The van der Waals surface area contributed by atoms with Crippen LogP contribution in [0, 0.1) is 44.8 Å². The van der Waals surface area contributed by atoms with Crippen LogP contribution in [0.25, 0.3) is 0 Å². The number of fused-ring (bicyclic) bond motifs is 2. The first-order chi connectivity index (χ1) is 13.5. The van der Waals surface area contributed by atoms with Crippen LogP contribution in [0.4, 0.5) is 0 Å². The molecule has 0 aromatic carbocycles. The van der Waals surface area contributed by atoms with E-state index in [1.54, 1.807) is 0 Å². The van der Waals surface area contributed by atoms with Gasteiger partial charge in [0.25, 0.3) is 0 Å². The number of hydrogen-bond acceptors (Lipinski definition) is 3. The molecule has 0 aliphatic heterocycles. The van der Waals surface area contributed by atoms with Gasteiger partial charge < -0.3 is 15.7 Å². The number of rotatable bonds is 3. The van der Waals surface area contributed by atoms with Crippen molar-refractivity contribution in [2.24, 2.45) is 44.8 Å². The average Bonchev–Trinajstić information content (AvgIpc) is 3.26. The molecule has 5 saturated carbocycles. The molecule has 0 amide bonds. The molecule has 10 atom stereocenters. The zero-order valence-electron chi connectivity index (χ0n) is 20.1. The van der Waals surface area contributed by atoms with Gasteiger partial charge in [-0.25, -0.2) is 0 Å². The fourth-order valence-electron chi connectivity index (χ4n) is 11.1. The van der Waals surface area contributed by atoms with Gasteiger partial charge in [0.05, 0.1) is 6.10 Å². The van der Waals surface area contributed by atoms with Crippen LogP contribution in [-0.2, 0) is 0 Å². The first-order valence-electron chi connectivity index (χ1n) is 12.6. The zero-order valence-corrected chi connectivity index (χ0v) is 20.1. The summed E-state index contributed by atoms with van der Waals surface area (Å²) in [6.07, 6.45) is 10.7. The normalized spacial score (nSPS) is 58.6. The van der Waals surface area contributed by atoms with Crippen LogP contribution in [0.3, 0.4) is 0 Å². The Morgan fingerprint density at radius 1 is 0.862 bits per heavy atom. The molecule has 0 heterocycles. The first-order valence-corrected chi connectivity index (χ1v) is 12.6. The Hall–Kier alpha value is -0.120. The number of hydrogen-bond donors (Lipinski definition) is 3. The van der Waals surface area contributed by atoms with E-state index in [0.29, 0.717) is 39.7 Å². The van der Waals surface area contributed by atoms with Gasteiger partial charge in [-0.3, -0.25) is 0 Å². The van der Waals surface area contributed by atoms with Crippen molar-refractivity contribution >= 4 is 0 Å². The molecule has 5 fully saturated rings. The number of nitrogens with one attached hydrogen (secondary N) is 2. The van der Waals surface area contributed by atoms with E-state index in [1.807, 2.05) is 0 Å². The van der Waals surface area contributed by atoms with E-state index in [9.17, 15) is 5.11 Å². The standard InChI is InChI=1S/C26H46N2O/c1-16(27-6)21-17(29)14-24(5)19-9-8-18-22(2,3)20(28-7)10-11-25(18)15-26(19,25)13-12-23(21,24)4/h16-21,27-29H,8-15H2,1-7H3/t16-,17-,18+,19+,20-,21-,23+,24-,25-,26+/m0/s1. The van der Waals surface area contributed by atoms with Gasteiger partial charge in [0.2, 0.25) is 0 Å². The van der Waals surface area contributed by atoms with Gasteiger partial charge >= 0.3 is 0 Å². The molecule has 3 N–H and O–H groups in total. The summed E-state index contributed by atoms with van der Waals surface area (Å²) in [6.45, 7) is 12.6. The molecule has 2 spiro atoms. The maximum atomic E-state index is 11.3. The van der Waals surface area contributed by atoms with Crippen molar-refractivity contribution in [3.8, 4) is 0 Å². The summed E-state index contributed by atoms with van der Waals surface area (Å²) in [6, 6.07) is 1.06. The van der Waals surface area contributed by atoms with Crippen LogP contribution in [0.1, 0.15) is 86.0 Å². The Labute approximate surface area is 179 Å². The molecule has 0 radical (unpaired) electrons. The van der Waals surface area contributed by atoms with E-state index >= 15 is 0 Å². The minimum Gasteiger partial charge on any atom is -0.393 e. The topological polar surface area (TPSA) is 44.3 Å². The summed E-state index contributed by atoms with van der Waals surface area (Å²) in [5, 5.41) is 18.4. The van der Waals surface area contributed by atoms with Crippen LogP contribution >= 0.6 is 0 Å². The predicted molar refractivity (Wildman–Crippen MR) is 120 cm³/mol. The molecule has 0 bridgehead atoms. The van der Waals surface area contributed by atoms with Gasteiger partial charge in [0.1, 0.15) is 0 Å². The highest BCUT2D eigenvalue weighted by atomic mass is 16.3. The first kappa shape index (κ1) is 20.8. The molecule has 5 aliphatic rings. The van der Waals surface area contributed by atoms with E-state index < -0.39 is 0 Å². The second-order valence-electron chi connectivity index (χ2n) is 13.1. The van der Waals surface area contributed by atoms with Crippen LogP contribution in [0.2, 0.25) is 0 Å². The van der Waals surface area contributed by atoms with Crippen molar-refractivity contribution in [3.05, 3.63) is 0 Å². The van der Waals surface area contributed by atoms with E-state index in [2.05, 4.69) is 59.3 Å². The molecule has 5 aliphatic carbocycles. The molecule has 3 heteroatoms. The lowest BCUT2D eigenvalue weighted by atomic mass is 9.42. The minimum absolute atomic E-state index is 0.147. The van der Waals surface area contributed by atoms with Gasteiger partial charge in [0.15, 0.2) is 0 Å². The Morgan fingerprint density at radius 3 is 2.17 bits per heavy atom. The van der Waals surface area contributed by atoms with Crippen LogP contribution in [-0.4, -0.2) is 37.4 Å². The van der Waals surface area contributed by atoms with Crippen LogP contribution in [0.5, 0.6) is 0 Å². The average molecular weight is 403 g/mol. The van der Waals surface area contributed by atoms with E-state index in [-0.39, 0.29) is 11.5 Å². The molecule has 5 rings (SSSR count). The summed E-state index contributed by atoms with van der Waals surface area (Å²) in [4.78, 5) is 0. The van der Waals surface area contributed by atoms with Crippen molar-refractivity contribution in [1.82, 2.24) is 10.6 Å². The van der Waals surface area contributed by atoms with Crippen molar-refractivity contribution in [1.29, 1.82) is 0 Å². The predicted octanol–water partition coefficient (Wildman–Crippen LogP) is 4.59. The summed E-state index contributed by atoms with van der Waals surface area (Å²) in [5.41, 5.74) is 2.14. The summed E-state index contributed by atoms with van der Waals surface area (Å²) < 4.78 is 0. The molecule has 0 unspecified atom stereocenters. The number of aliphatic hydroxyl groups excluding tert-OH is 1. The quantitative estimate of drug-likeness (QED) is 0.647. The van der Waals surface area contributed by atoms with Gasteiger partial charge in [-0.2, -0.15) is 0 Å². The van der Waals surface area contributed by atoms with Crippen molar-refractivity contribution in [3.63, 3.8) is 0 Å². The Balaban J connectivity index is 1.52. The molecule has 3 nitrogen and oxygen atoms in total. The highest BCUT2D eigenvalue weighted by molar-refractivity contribution is 5.31. The van der Waals surface area contributed by atoms with Crippen LogP contribution < -0.4 is 10.6 Å². The fraction of sp³-hybridized carbons (Fsp3) is 1.00. The maximum Gasteiger partial charge on any atom is 0.0594 e. The monoisotopic (exact) mass is 402 g/mol. The second-order valence-corrected chi connectivity index (χ2v) is 13.1. The molecular weight excluding hydrogens is 356 g/mol. The summed E-state index contributed by atoms with van der Waals surface area (Å²) >= 11 is 0. The van der Waals surface area contributed by atoms with Crippen molar-refractivity contribution in [2.75, 3.05) is 14.1 Å². The fourth-order valence-corrected chi connectivity index (χ4v) is 11.1. The van der Waals surface area contributed by atoms with Crippen molar-refractivity contribution in [2.45, 2.75) is 104 Å². The van der Waals surface area contributed by atoms with Gasteiger partial charge in [-0.1, -0.05) is 27.7 Å². The molecule has 0 saturated heterocycles. The number of aliphatic hydroxyl groups is 1. The highest BCUT2D eigenvalue weighted by Gasteiger charge is 2.82. The molecule has 0 aromatic rings. The van der Waals surface area contributed by atoms with E-state index in [0.717, 1.165) is 18.3 Å². The van der Waals surface area contributed by atoms with Crippen LogP contribution in [0.15, 0.2) is 0 Å². The van der Waals surface area contributed by atoms with Gasteiger partial charge in [-0.05, 0) is 111 Å². The molecule has 29 heavy (non-hydrogen) atoms. The Bertz CT molecular complexity index is 692. The molecular formula is C26H46N2O. The van der Waals surface area contributed by atoms with E-state index in [4.69, 9.17) is 0 Å². The van der Waals surface area contributed by atoms with E-state index in [1.165, 1.54) is 44.9 Å². The smallest absolute Gasteiger partial charge is 0.0594 e. The second kappa shape index (κ2) is 6.01. The largest absolute Gasteiger partial charge is 0.393 e. The Morgan fingerprint density at radius 2 is 1.52 bits per heavy atom. The SMILES string of the molecule is CN[C@@H](C)[C@H]1[C@@H](O)C[C@@]2(C)[C@H]3CC[C@@H]4C(C)(C)[C@@H](NC)CC[C@]45C[C@]35CC[C@]12C. The third-order valence-corrected chi connectivity index (χ3v) is 12.5. The van der Waals surface area contributed by atoms with Crippen molar-refractivity contribution < 1.29 is 5.11 Å². The minimum atomic E-state index is -0.147. The zero-order chi connectivity index (χ0) is 21.0. The third kappa shape index (κ3) is 2.16. The lowest BCUT2D eigenvalue weighted by molar-refractivity contribution is -0.144. The molecule has 0 aromatic heterocycles. The summed E-state index contributed by atoms with van der Waals surface area (Å²) in [7, 11) is 4.25. The maximum absolute atomic E-state index is 11.3. The summed E-state index contributed by atoms with van der Waals surface area (Å²) in [5.74, 6) is 2.08. The van der Waals surface area contributed by atoms with Gasteiger partial charge in [-0.15, -0.1) is 0 Å². The highest BCUT2D eigenvalue weighted by Crippen LogP contribution is 2.88.